The molecule has 1 atom stereocenters. The number of piperidine rings is 1. The fraction of sp³-hybridized carbons (Fsp3) is 0.417. The summed E-state index contributed by atoms with van der Waals surface area (Å²) in [6, 6.07) is 4.36. The molecule has 2 N–H and O–H groups in total. The van der Waals surface area contributed by atoms with Crippen molar-refractivity contribution in [2.75, 3.05) is 13.1 Å². The highest BCUT2D eigenvalue weighted by molar-refractivity contribution is 7.27. The summed E-state index contributed by atoms with van der Waals surface area (Å²) >= 11 is 3.27. The molecule has 17 heavy (non-hydrogen) atoms. The second-order valence-corrected chi connectivity index (χ2v) is 6.31. The van der Waals surface area contributed by atoms with Crippen LogP contribution in [0.3, 0.4) is 0 Å². The molecule has 0 bridgehead atoms. The lowest BCUT2D eigenvalue weighted by molar-refractivity contribution is 0.0935. The van der Waals surface area contributed by atoms with Gasteiger partial charge in [0.25, 0.3) is 5.91 Å². The van der Waals surface area contributed by atoms with Crippen molar-refractivity contribution in [1.82, 2.24) is 10.6 Å². The van der Waals surface area contributed by atoms with Crippen LogP contribution in [0.25, 0.3) is 9.40 Å². The molecule has 1 amide bonds. The Hall–Kier alpha value is -0.910. The molecular formula is C12H14N2OS2. The summed E-state index contributed by atoms with van der Waals surface area (Å²) in [4.78, 5) is 12.9. The number of carbonyl (C=O) groups is 1. The first-order valence-electron chi connectivity index (χ1n) is 5.81. The van der Waals surface area contributed by atoms with E-state index in [-0.39, 0.29) is 11.9 Å². The Kier molecular flexibility index (Phi) is 3.13. The van der Waals surface area contributed by atoms with Crippen molar-refractivity contribution in [2.24, 2.45) is 0 Å². The average Bonchev–Trinajstić information content (AvgIpc) is 2.90. The zero-order valence-electron chi connectivity index (χ0n) is 9.36. The summed E-state index contributed by atoms with van der Waals surface area (Å²) in [7, 11) is 0. The number of rotatable bonds is 2. The van der Waals surface area contributed by atoms with Gasteiger partial charge in [-0.2, -0.15) is 0 Å². The van der Waals surface area contributed by atoms with Gasteiger partial charge in [-0.05, 0) is 36.9 Å². The van der Waals surface area contributed by atoms with Crippen molar-refractivity contribution in [2.45, 2.75) is 18.9 Å². The Morgan fingerprint density at radius 3 is 3.18 bits per heavy atom. The number of fused-ring (bicyclic) bond motifs is 1. The fourth-order valence-electron chi connectivity index (χ4n) is 2.11. The molecule has 1 saturated heterocycles. The first kappa shape index (κ1) is 11.2. The van der Waals surface area contributed by atoms with E-state index in [9.17, 15) is 4.79 Å². The molecule has 1 aliphatic rings. The van der Waals surface area contributed by atoms with E-state index in [1.54, 1.807) is 22.7 Å². The molecule has 2 aromatic rings. The SMILES string of the molecule is O=C(N[C@@H]1CCCNC1)c1cc2sccc2s1. The normalized spacial score (nSPS) is 20.6. The van der Waals surface area contributed by atoms with Gasteiger partial charge in [-0.3, -0.25) is 4.79 Å². The van der Waals surface area contributed by atoms with Gasteiger partial charge in [0.15, 0.2) is 0 Å². The number of hydrogen-bond acceptors (Lipinski definition) is 4. The van der Waals surface area contributed by atoms with Crippen LogP contribution < -0.4 is 10.6 Å². The summed E-state index contributed by atoms with van der Waals surface area (Å²) in [5.41, 5.74) is 0. The van der Waals surface area contributed by atoms with Gasteiger partial charge in [-0.1, -0.05) is 0 Å². The monoisotopic (exact) mass is 266 g/mol. The second-order valence-electron chi connectivity index (χ2n) is 4.28. The van der Waals surface area contributed by atoms with Crippen LogP contribution in [-0.4, -0.2) is 25.0 Å². The Morgan fingerprint density at radius 1 is 1.47 bits per heavy atom. The standard InChI is InChI=1S/C12H14N2OS2/c15-12(14-8-2-1-4-13-7-8)11-6-10-9(17-11)3-5-16-10/h3,5-6,8,13H,1-2,4,7H2,(H,14,15)/t8-/m1/s1. The van der Waals surface area contributed by atoms with Crippen LogP contribution in [0.2, 0.25) is 0 Å². The van der Waals surface area contributed by atoms with Crippen molar-refractivity contribution in [3.63, 3.8) is 0 Å². The second kappa shape index (κ2) is 4.76. The maximum Gasteiger partial charge on any atom is 0.261 e. The molecule has 1 fully saturated rings. The molecule has 3 rings (SSSR count). The highest BCUT2D eigenvalue weighted by atomic mass is 32.1. The number of hydrogen-bond donors (Lipinski definition) is 2. The molecule has 0 aliphatic carbocycles. The third kappa shape index (κ3) is 2.36. The first-order chi connectivity index (χ1) is 8.33. The van der Waals surface area contributed by atoms with Crippen LogP contribution in [0.1, 0.15) is 22.5 Å². The Bertz CT molecular complexity index is 497. The Morgan fingerprint density at radius 2 is 2.41 bits per heavy atom. The lowest BCUT2D eigenvalue weighted by atomic mass is 10.1. The first-order valence-corrected chi connectivity index (χ1v) is 7.51. The van der Waals surface area contributed by atoms with E-state index in [1.165, 1.54) is 9.40 Å². The summed E-state index contributed by atoms with van der Waals surface area (Å²) in [6.45, 7) is 1.96. The zero-order chi connectivity index (χ0) is 11.7. The molecule has 2 aromatic heterocycles. The molecule has 0 saturated carbocycles. The predicted molar refractivity (Wildman–Crippen MR) is 73.1 cm³/mol. The van der Waals surface area contributed by atoms with E-state index < -0.39 is 0 Å². The third-order valence-electron chi connectivity index (χ3n) is 3.00. The molecule has 90 valence electrons. The maximum atomic E-state index is 12.1. The molecule has 3 heterocycles. The molecule has 0 aromatic carbocycles. The average molecular weight is 266 g/mol. The summed E-state index contributed by atoms with van der Waals surface area (Å²) in [6.07, 6.45) is 2.23. The van der Waals surface area contributed by atoms with Crippen LogP contribution in [0.5, 0.6) is 0 Å². The van der Waals surface area contributed by atoms with Gasteiger partial charge >= 0.3 is 0 Å². The number of amides is 1. The fourth-order valence-corrected chi connectivity index (χ4v) is 4.12. The van der Waals surface area contributed by atoms with E-state index in [4.69, 9.17) is 0 Å². The quantitative estimate of drug-likeness (QED) is 0.876. The van der Waals surface area contributed by atoms with Gasteiger partial charge < -0.3 is 10.6 Å². The largest absolute Gasteiger partial charge is 0.347 e. The minimum Gasteiger partial charge on any atom is -0.347 e. The zero-order valence-corrected chi connectivity index (χ0v) is 11.0. The molecule has 3 nitrogen and oxygen atoms in total. The molecule has 5 heteroatoms. The van der Waals surface area contributed by atoms with Crippen molar-refractivity contribution in [3.8, 4) is 0 Å². The van der Waals surface area contributed by atoms with Crippen LogP contribution >= 0.6 is 22.7 Å². The Labute approximate surface area is 108 Å². The highest BCUT2D eigenvalue weighted by Crippen LogP contribution is 2.29. The van der Waals surface area contributed by atoms with Crippen molar-refractivity contribution in [1.29, 1.82) is 0 Å². The van der Waals surface area contributed by atoms with E-state index >= 15 is 0 Å². The Balaban J connectivity index is 1.71. The van der Waals surface area contributed by atoms with Gasteiger partial charge in [-0.25, -0.2) is 0 Å². The van der Waals surface area contributed by atoms with Gasteiger partial charge in [-0.15, -0.1) is 22.7 Å². The molecule has 1 aliphatic heterocycles. The van der Waals surface area contributed by atoms with Crippen molar-refractivity contribution < 1.29 is 4.79 Å². The van der Waals surface area contributed by atoms with Crippen LogP contribution in [0.4, 0.5) is 0 Å². The van der Waals surface area contributed by atoms with E-state index in [2.05, 4.69) is 22.1 Å². The minimum absolute atomic E-state index is 0.0760. The maximum absolute atomic E-state index is 12.1. The lowest BCUT2D eigenvalue weighted by Gasteiger charge is -2.23. The third-order valence-corrected chi connectivity index (χ3v) is 5.09. The van der Waals surface area contributed by atoms with E-state index in [1.807, 2.05) is 6.07 Å². The lowest BCUT2D eigenvalue weighted by Crippen LogP contribution is -2.45. The molecule has 0 radical (unpaired) electrons. The highest BCUT2D eigenvalue weighted by Gasteiger charge is 2.17. The predicted octanol–water partition coefficient (Wildman–Crippen LogP) is 2.44. The number of thiophene rings is 2. The van der Waals surface area contributed by atoms with Crippen molar-refractivity contribution in [3.05, 3.63) is 22.4 Å². The van der Waals surface area contributed by atoms with E-state index in [0.717, 1.165) is 30.8 Å². The minimum atomic E-state index is 0.0760. The van der Waals surface area contributed by atoms with Crippen LogP contribution in [0, 0.1) is 0 Å². The smallest absolute Gasteiger partial charge is 0.261 e. The van der Waals surface area contributed by atoms with Gasteiger partial charge in [0.05, 0.1) is 4.88 Å². The summed E-state index contributed by atoms with van der Waals surface area (Å²) < 4.78 is 2.42. The van der Waals surface area contributed by atoms with E-state index in [0.29, 0.717) is 0 Å². The van der Waals surface area contributed by atoms with Gasteiger partial charge in [0.2, 0.25) is 0 Å². The summed E-state index contributed by atoms with van der Waals surface area (Å²) in [5.74, 6) is 0.0760. The van der Waals surface area contributed by atoms with Crippen LogP contribution in [-0.2, 0) is 0 Å². The van der Waals surface area contributed by atoms with Gasteiger partial charge in [0.1, 0.15) is 0 Å². The summed E-state index contributed by atoms with van der Waals surface area (Å²) in [5, 5.41) is 8.47. The molecule has 0 unspecified atom stereocenters. The molecular weight excluding hydrogens is 252 g/mol. The number of nitrogens with one attached hydrogen (secondary N) is 2. The molecule has 0 spiro atoms. The van der Waals surface area contributed by atoms with Crippen molar-refractivity contribution >= 4 is 38.0 Å². The van der Waals surface area contributed by atoms with Crippen LogP contribution in [0.15, 0.2) is 17.5 Å². The number of carbonyl (C=O) groups excluding carboxylic acids is 1. The van der Waals surface area contributed by atoms with Gasteiger partial charge in [0, 0.05) is 22.0 Å². The topological polar surface area (TPSA) is 41.1 Å².